The van der Waals surface area contributed by atoms with Crippen LogP contribution in [0.5, 0.6) is 0 Å². The number of anilines is 2. The van der Waals surface area contributed by atoms with Gasteiger partial charge < -0.3 is 31.8 Å². The van der Waals surface area contributed by atoms with Crippen molar-refractivity contribution in [3.05, 3.63) is 46.8 Å². The first-order valence-corrected chi connectivity index (χ1v) is 9.96. The van der Waals surface area contributed by atoms with Gasteiger partial charge in [-0.05, 0) is 36.3 Å². The number of fused-ring (bicyclic) bond motifs is 1. The zero-order valence-corrected chi connectivity index (χ0v) is 16.9. The zero-order valence-electron chi connectivity index (χ0n) is 16.9. The molecular weight excluding hydrogens is 400 g/mol. The van der Waals surface area contributed by atoms with Crippen LogP contribution in [0.15, 0.2) is 24.4 Å². The molecule has 0 saturated carbocycles. The molecule has 4 amide bonds. The van der Waals surface area contributed by atoms with Crippen LogP contribution < -0.4 is 22.1 Å². The molecule has 0 spiro atoms. The Morgan fingerprint density at radius 2 is 2.00 bits per heavy atom. The smallest absolute Gasteiger partial charge is 0.316 e. The van der Waals surface area contributed by atoms with Crippen LogP contribution in [-0.4, -0.2) is 60.6 Å². The van der Waals surface area contributed by atoms with Gasteiger partial charge in [0.05, 0.1) is 30.0 Å². The van der Waals surface area contributed by atoms with Gasteiger partial charge in [0.2, 0.25) is 0 Å². The molecule has 0 bridgehead atoms. The highest BCUT2D eigenvalue weighted by atomic mass is 16.5. The van der Waals surface area contributed by atoms with Gasteiger partial charge in [-0.2, -0.15) is 0 Å². The molecular formula is C21H24N6O4. The molecule has 1 aromatic carbocycles. The Morgan fingerprint density at radius 1 is 1.23 bits per heavy atom. The standard InChI is InChI=1S/C21H24N6O4/c22-19(28)18-12(3-4-27-5-7-31-8-6-27)11-24-17(18)10-15-14-9-13(25-21(23)30)1-2-16(14)26-20(15)29/h1-2,9-11,24H,3-8H2,(H2,22,28)(H,26,29)(H3,23,25,30). The molecule has 1 fully saturated rings. The monoisotopic (exact) mass is 424 g/mol. The number of H-pyrrole nitrogens is 1. The van der Waals surface area contributed by atoms with Crippen LogP contribution in [0.2, 0.25) is 0 Å². The molecule has 0 atom stereocenters. The molecule has 1 saturated heterocycles. The van der Waals surface area contributed by atoms with Gasteiger partial charge in [-0.3, -0.25) is 14.5 Å². The van der Waals surface area contributed by atoms with Crippen molar-refractivity contribution in [1.29, 1.82) is 0 Å². The van der Waals surface area contributed by atoms with Crippen molar-refractivity contribution in [1.82, 2.24) is 9.88 Å². The van der Waals surface area contributed by atoms with E-state index in [9.17, 15) is 14.4 Å². The summed E-state index contributed by atoms with van der Waals surface area (Å²) in [5.41, 5.74) is 14.5. The van der Waals surface area contributed by atoms with Gasteiger partial charge in [0.15, 0.2) is 0 Å². The van der Waals surface area contributed by atoms with Crippen molar-refractivity contribution in [3.8, 4) is 0 Å². The van der Waals surface area contributed by atoms with E-state index in [1.54, 1.807) is 30.5 Å². The molecule has 31 heavy (non-hydrogen) atoms. The Hall–Kier alpha value is -3.63. The maximum Gasteiger partial charge on any atom is 0.316 e. The second-order valence-electron chi connectivity index (χ2n) is 7.43. The van der Waals surface area contributed by atoms with E-state index in [4.69, 9.17) is 16.2 Å². The van der Waals surface area contributed by atoms with E-state index in [-0.39, 0.29) is 5.91 Å². The highest BCUT2D eigenvalue weighted by Gasteiger charge is 2.26. The summed E-state index contributed by atoms with van der Waals surface area (Å²) >= 11 is 0. The Bertz CT molecular complexity index is 1070. The number of nitrogens with two attached hydrogens (primary N) is 2. The number of urea groups is 1. The van der Waals surface area contributed by atoms with Crippen molar-refractivity contribution in [2.24, 2.45) is 11.5 Å². The van der Waals surface area contributed by atoms with Crippen LogP contribution in [0.4, 0.5) is 16.2 Å². The first-order chi connectivity index (χ1) is 14.9. The molecule has 162 valence electrons. The Kier molecular flexibility index (Phi) is 5.74. The van der Waals surface area contributed by atoms with Crippen molar-refractivity contribution >= 4 is 40.9 Å². The highest BCUT2D eigenvalue weighted by Crippen LogP contribution is 2.35. The average molecular weight is 424 g/mol. The second-order valence-corrected chi connectivity index (χ2v) is 7.43. The number of benzene rings is 1. The van der Waals surface area contributed by atoms with Crippen LogP contribution >= 0.6 is 0 Å². The van der Waals surface area contributed by atoms with Crippen LogP contribution in [0, 0.1) is 0 Å². The SMILES string of the molecule is NC(=O)Nc1ccc2c(c1)C(=Cc1[nH]cc(CCN3CCOCC3)c1C(N)=O)C(=O)N2. The molecule has 0 aliphatic carbocycles. The number of carbonyl (C=O) groups is 3. The average Bonchev–Trinajstić information content (AvgIpc) is 3.28. The lowest BCUT2D eigenvalue weighted by molar-refractivity contribution is -0.110. The lowest BCUT2D eigenvalue weighted by atomic mass is 10.0. The number of rotatable bonds is 6. The highest BCUT2D eigenvalue weighted by molar-refractivity contribution is 6.35. The minimum absolute atomic E-state index is 0.314. The van der Waals surface area contributed by atoms with Crippen LogP contribution in [0.3, 0.4) is 0 Å². The third kappa shape index (κ3) is 4.44. The zero-order chi connectivity index (χ0) is 22.0. The number of amides is 4. The van der Waals surface area contributed by atoms with Crippen molar-refractivity contribution < 1.29 is 19.1 Å². The topological polar surface area (TPSA) is 156 Å². The minimum atomic E-state index is -0.701. The third-order valence-corrected chi connectivity index (χ3v) is 5.40. The summed E-state index contributed by atoms with van der Waals surface area (Å²) in [5.74, 6) is -0.876. The molecule has 2 aliphatic heterocycles. The quantitative estimate of drug-likeness (QED) is 0.437. The Labute approximate surface area is 178 Å². The number of ether oxygens (including phenoxy) is 1. The first-order valence-electron chi connectivity index (χ1n) is 9.96. The van der Waals surface area contributed by atoms with Crippen LogP contribution in [-0.2, 0) is 16.0 Å². The number of hydrogen-bond donors (Lipinski definition) is 5. The molecule has 0 unspecified atom stereocenters. The number of nitrogens with zero attached hydrogens (tertiary/aromatic N) is 1. The summed E-state index contributed by atoms with van der Waals surface area (Å²) in [7, 11) is 0. The number of aromatic amines is 1. The first kappa shape index (κ1) is 20.6. The second kappa shape index (κ2) is 8.62. The molecule has 2 aromatic rings. The Balaban J connectivity index is 1.63. The fraction of sp³-hybridized carbons (Fsp3) is 0.286. The summed E-state index contributed by atoms with van der Waals surface area (Å²) < 4.78 is 5.36. The van der Waals surface area contributed by atoms with Gasteiger partial charge in [0.25, 0.3) is 11.8 Å². The summed E-state index contributed by atoms with van der Waals surface area (Å²) in [6.45, 7) is 3.89. The van der Waals surface area contributed by atoms with Gasteiger partial charge in [-0.1, -0.05) is 0 Å². The van der Waals surface area contributed by atoms with Crippen molar-refractivity contribution in [2.75, 3.05) is 43.5 Å². The van der Waals surface area contributed by atoms with E-state index in [0.717, 1.165) is 25.2 Å². The van der Waals surface area contributed by atoms with Crippen LogP contribution in [0.1, 0.15) is 27.2 Å². The van der Waals surface area contributed by atoms with Gasteiger partial charge in [0.1, 0.15) is 0 Å². The van der Waals surface area contributed by atoms with Gasteiger partial charge in [0, 0.05) is 42.8 Å². The maximum absolute atomic E-state index is 12.5. The summed E-state index contributed by atoms with van der Waals surface area (Å²) in [4.78, 5) is 41.3. The third-order valence-electron chi connectivity index (χ3n) is 5.40. The Morgan fingerprint density at radius 3 is 2.71 bits per heavy atom. The van der Waals surface area contributed by atoms with Gasteiger partial charge >= 0.3 is 6.03 Å². The molecule has 10 heteroatoms. The van der Waals surface area contributed by atoms with E-state index in [1.807, 2.05) is 0 Å². The lowest BCUT2D eigenvalue weighted by Crippen LogP contribution is -2.37. The summed E-state index contributed by atoms with van der Waals surface area (Å²) in [5, 5.41) is 5.26. The predicted molar refractivity (Wildman–Crippen MR) is 116 cm³/mol. The summed E-state index contributed by atoms with van der Waals surface area (Å²) in [6.07, 6.45) is 4.01. The fourth-order valence-corrected chi connectivity index (χ4v) is 3.88. The fourth-order valence-electron chi connectivity index (χ4n) is 3.88. The van der Waals surface area contributed by atoms with Gasteiger partial charge in [-0.25, -0.2) is 4.79 Å². The minimum Gasteiger partial charge on any atom is -0.379 e. The molecule has 0 radical (unpaired) electrons. The molecule has 3 heterocycles. The summed E-state index contributed by atoms with van der Waals surface area (Å²) in [6, 6.07) is 4.26. The molecule has 10 nitrogen and oxygen atoms in total. The molecule has 2 aliphatic rings. The molecule has 7 N–H and O–H groups in total. The number of carbonyl (C=O) groups excluding carboxylic acids is 3. The number of morpholine rings is 1. The van der Waals surface area contributed by atoms with Crippen LogP contribution in [0.25, 0.3) is 11.6 Å². The number of nitrogens with one attached hydrogen (secondary N) is 3. The van der Waals surface area contributed by atoms with E-state index in [0.29, 0.717) is 53.4 Å². The normalized spacial score (nSPS) is 17.4. The van der Waals surface area contributed by atoms with E-state index >= 15 is 0 Å². The largest absolute Gasteiger partial charge is 0.379 e. The van der Waals surface area contributed by atoms with E-state index < -0.39 is 11.9 Å². The predicted octanol–water partition coefficient (Wildman–Crippen LogP) is 0.972. The maximum atomic E-state index is 12.5. The lowest BCUT2D eigenvalue weighted by Gasteiger charge is -2.26. The van der Waals surface area contributed by atoms with Crippen molar-refractivity contribution in [2.45, 2.75) is 6.42 Å². The number of primary amides is 2. The number of hydrogen-bond acceptors (Lipinski definition) is 5. The van der Waals surface area contributed by atoms with E-state index in [2.05, 4.69) is 20.5 Å². The molecule has 1 aromatic heterocycles. The molecule has 4 rings (SSSR count). The van der Waals surface area contributed by atoms with Crippen molar-refractivity contribution in [3.63, 3.8) is 0 Å². The number of aromatic nitrogens is 1. The van der Waals surface area contributed by atoms with E-state index in [1.165, 1.54) is 0 Å². The van der Waals surface area contributed by atoms with Gasteiger partial charge in [-0.15, -0.1) is 0 Å².